The van der Waals surface area contributed by atoms with Crippen LogP contribution in [0.3, 0.4) is 0 Å². The van der Waals surface area contributed by atoms with Crippen molar-refractivity contribution in [2.24, 2.45) is 10.9 Å². The summed E-state index contributed by atoms with van der Waals surface area (Å²) in [4.78, 5) is 6.91. The number of anilines is 1. The number of rotatable bonds is 3. The lowest BCUT2D eigenvalue weighted by atomic mass is 9.96. The average molecular weight is 899 g/mol. The number of benzene rings is 10. The molecule has 5 heterocycles. The number of nitrogens with one attached hydrogen (secondary N) is 1. The minimum atomic E-state index is -0.311. The van der Waals surface area contributed by atoms with Crippen molar-refractivity contribution in [1.82, 2.24) is 8.97 Å². The summed E-state index contributed by atoms with van der Waals surface area (Å²) in [6, 6.07) is 67.8. The fraction of sp³-hybridized carbons (Fsp3) is 0.0781. The van der Waals surface area contributed by atoms with Crippen LogP contribution in [0.2, 0.25) is 0 Å². The van der Waals surface area contributed by atoms with E-state index in [-0.39, 0.29) is 6.17 Å². The molecule has 16 rings (SSSR count). The molecule has 4 nitrogen and oxygen atoms in total. The predicted molar refractivity (Wildman–Crippen MR) is 295 cm³/mol. The van der Waals surface area contributed by atoms with Gasteiger partial charge < -0.3 is 14.3 Å². The second-order valence-corrected chi connectivity index (χ2v) is 20.5. The molecule has 2 unspecified atom stereocenters. The third-order valence-electron chi connectivity index (χ3n) is 15.6. The Labute approximate surface area is 401 Å². The number of thiophene rings is 1. The zero-order chi connectivity index (χ0) is 45.1. The first-order chi connectivity index (χ1) is 34.2. The highest BCUT2D eigenvalue weighted by atomic mass is 32.1. The minimum Gasteiger partial charge on any atom is -0.358 e. The van der Waals surface area contributed by atoms with Gasteiger partial charge in [0.05, 0.1) is 44.0 Å². The zero-order valence-electron chi connectivity index (χ0n) is 37.8. The molecular weight excluding hydrogens is 857 g/mol. The summed E-state index contributed by atoms with van der Waals surface area (Å²) < 4.78 is 6.59. The van der Waals surface area contributed by atoms with E-state index < -0.39 is 0 Å². The van der Waals surface area contributed by atoms with Crippen molar-refractivity contribution >= 4 is 131 Å². The highest BCUT2D eigenvalue weighted by Crippen LogP contribution is 2.51. The predicted octanol–water partition coefficient (Wildman–Crippen LogP) is 17.2. The van der Waals surface area contributed by atoms with E-state index in [2.05, 4.69) is 215 Å². The maximum Gasteiger partial charge on any atom is 0.146 e. The lowest BCUT2D eigenvalue weighted by Gasteiger charge is -2.26. The van der Waals surface area contributed by atoms with Gasteiger partial charge in [0.15, 0.2) is 0 Å². The van der Waals surface area contributed by atoms with Crippen LogP contribution in [0.5, 0.6) is 0 Å². The van der Waals surface area contributed by atoms with Crippen LogP contribution in [-0.4, -0.2) is 14.7 Å². The molecule has 2 aliphatic rings. The summed E-state index contributed by atoms with van der Waals surface area (Å²) in [5, 5.41) is 21.9. The second kappa shape index (κ2) is 13.9. The summed E-state index contributed by atoms with van der Waals surface area (Å²) in [7, 11) is 0. The van der Waals surface area contributed by atoms with Gasteiger partial charge in [-0.3, -0.25) is 4.99 Å². The SMILES string of the molecule is CC1CC=Cc2c(n(-c3ccc(C4N=C(c5ccc6ccccc6c5)c5sc6ccccc6c5N4)c4ccccc34)c3c2c2ccccc2c2c4cccc5c6c7ccccc7ccc6n(c54)c23)C1. The van der Waals surface area contributed by atoms with Crippen LogP contribution in [0.1, 0.15) is 46.8 Å². The van der Waals surface area contributed by atoms with Crippen LogP contribution in [0, 0.1) is 5.92 Å². The van der Waals surface area contributed by atoms with E-state index in [1.807, 2.05) is 11.3 Å². The van der Waals surface area contributed by atoms with Crippen LogP contribution in [0.15, 0.2) is 193 Å². The lowest BCUT2D eigenvalue weighted by Crippen LogP contribution is -2.19. The Morgan fingerprint density at radius 1 is 0.551 bits per heavy atom. The Morgan fingerprint density at radius 3 is 2.09 bits per heavy atom. The Morgan fingerprint density at radius 2 is 1.23 bits per heavy atom. The van der Waals surface area contributed by atoms with Crippen molar-refractivity contribution < 1.29 is 0 Å². The fourth-order valence-electron chi connectivity index (χ4n) is 12.7. The molecule has 1 aliphatic carbocycles. The maximum absolute atomic E-state index is 5.72. The summed E-state index contributed by atoms with van der Waals surface area (Å²) in [6.07, 6.45) is 6.58. The monoisotopic (exact) mass is 898 g/mol. The second-order valence-electron chi connectivity index (χ2n) is 19.5. The third kappa shape index (κ3) is 5.10. The van der Waals surface area contributed by atoms with Gasteiger partial charge in [0, 0.05) is 64.8 Å². The van der Waals surface area contributed by atoms with Crippen LogP contribution in [0.4, 0.5) is 5.69 Å². The number of allylic oxidation sites excluding steroid dienone is 1. The van der Waals surface area contributed by atoms with E-state index in [0.29, 0.717) is 5.92 Å². The quantitative estimate of drug-likeness (QED) is 0.188. The van der Waals surface area contributed by atoms with Gasteiger partial charge in [-0.1, -0.05) is 177 Å². The number of aromatic nitrogens is 2. The maximum atomic E-state index is 5.72. The first-order valence-electron chi connectivity index (χ1n) is 24.3. The number of hydrogen-bond donors (Lipinski definition) is 1. The molecule has 324 valence electrons. The van der Waals surface area contributed by atoms with Crippen LogP contribution in [-0.2, 0) is 6.42 Å². The molecule has 0 spiro atoms. The first kappa shape index (κ1) is 37.8. The topological polar surface area (TPSA) is 33.7 Å². The molecule has 5 heteroatoms. The third-order valence-corrected chi connectivity index (χ3v) is 16.8. The Bertz CT molecular complexity index is 4610. The van der Waals surface area contributed by atoms with Crippen molar-refractivity contribution in [3.8, 4) is 5.69 Å². The first-order valence-corrected chi connectivity index (χ1v) is 25.1. The van der Waals surface area contributed by atoms with Crippen LogP contribution in [0.25, 0.3) is 114 Å². The van der Waals surface area contributed by atoms with Crippen LogP contribution < -0.4 is 5.32 Å². The van der Waals surface area contributed by atoms with E-state index in [4.69, 9.17) is 4.99 Å². The average Bonchev–Trinajstić information content (AvgIpc) is 4.11. The Hall–Kier alpha value is -8.25. The zero-order valence-corrected chi connectivity index (χ0v) is 38.6. The van der Waals surface area contributed by atoms with Gasteiger partial charge in [0.2, 0.25) is 0 Å². The summed E-state index contributed by atoms with van der Waals surface area (Å²) >= 11 is 1.83. The minimum absolute atomic E-state index is 0.311. The molecule has 1 aliphatic heterocycles. The summed E-state index contributed by atoms with van der Waals surface area (Å²) in [5.41, 5.74) is 13.5. The lowest BCUT2D eigenvalue weighted by molar-refractivity contribution is 0.581. The largest absolute Gasteiger partial charge is 0.358 e. The molecule has 1 N–H and O–H groups in total. The molecule has 0 saturated carbocycles. The van der Waals surface area contributed by atoms with Gasteiger partial charge in [-0.05, 0) is 80.7 Å². The number of hydrogen-bond acceptors (Lipinski definition) is 3. The highest BCUT2D eigenvalue weighted by molar-refractivity contribution is 7.22. The molecule has 2 atom stereocenters. The standard InChI is InChI=1S/C64H42N4S/c1-36-14-12-24-47-53(34-36)67(61-56(47)44-21-8-9-22-45(44)57-50-26-13-25-49-55-41-18-5-4-16-38(41)30-32-52(55)68(60(49)50)62(57)61)51-33-31-46(42-19-6-7-20-43(42)51)64-65-58(40-29-28-37-15-2-3-17-39(37)35-40)63-59(66-64)48-23-10-11-27-54(48)69-63/h2-13,15-33,35-36,64,66H,14,34H2,1H3. The molecule has 69 heavy (non-hydrogen) atoms. The molecule has 0 radical (unpaired) electrons. The summed E-state index contributed by atoms with van der Waals surface area (Å²) in [6.45, 7) is 2.41. The smallest absolute Gasteiger partial charge is 0.146 e. The number of nitrogens with zero attached hydrogens (tertiary/aromatic N) is 3. The number of fused-ring (bicyclic) bond motifs is 20. The van der Waals surface area contributed by atoms with Gasteiger partial charge >= 0.3 is 0 Å². The van der Waals surface area contributed by atoms with Crippen molar-refractivity contribution in [1.29, 1.82) is 0 Å². The molecule has 0 fully saturated rings. The Kier molecular flexibility index (Phi) is 7.62. The van der Waals surface area contributed by atoms with E-state index in [9.17, 15) is 0 Å². The molecule has 0 bridgehead atoms. The number of para-hydroxylation sites is 1. The molecule has 14 aromatic rings. The van der Waals surface area contributed by atoms with E-state index in [0.717, 1.165) is 35.4 Å². The van der Waals surface area contributed by atoms with Crippen molar-refractivity contribution in [3.63, 3.8) is 0 Å². The van der Waals surface area contributed by atoms with Gasteiger partial charge in [0.25, 0.3) is 0 Å². The van der Waals surface area contributed by atoms with Crippen molar-refractivity contribution in [3.05, 3.63) is 215 Å². The van der Waals surface area contributed by atoms with E-state index in [1.54, 1.807) is 0 Å². The Balaban J connectivity index is 1.01. The fourth-order valence-corrected chi connectivity index (χ4v) is 13.9. The molecule has 0 saturated heterocycles. The normalized spacial score (nSPS) is 16.2. The van der Waals surface area contributed by atoms with E-state index >= 15 is 0 Å². The summed E-state index contributed by atoms with van der Waals surface area (Å²) in [5.74, 6) is 0.474. The molecular formula is C64H42N4S. The van der Waals surface area contributed by atoms with E-state index in [1.165, 1.54) is 124 Å². The van der Waals surface area contributed by atoms with Crippen molar-refractivity contribution in [2.75, 3.05) is 5.32 Å². The highest BCUT2D eigenvalue weighted by Gasteiger charge is 2.32. The van der Waals surface area contributed by atoms with Gasteiger partial charge in [-0.2, -0.15) is 0 Å². The van der Waals surface area contributed by atoms with Crippen molar-refractivity contribution in [2.45, 2.75) is 25.9 Å². The molecule has 0 amide bonds. The van der Waals surface area contributed by atoms with Gasteiger partial charge in [-0.25, -0.2) is 0 Å². The van der Waals surface area contributed by atoms with Crippen LogP contribution >= 0.6 is 11.3 Å². The van der Waals surface area contributed by atoms with Gasteiger partial charge in [0.1, 0.15) is 6.17 Å². The molecule has 4 aromatic heterocycles. The molecule has 10 aromatic carbocycles. The van der Waals surface area contributed by atoms with Gasteiger partial charge in [-0.15, -0.1) is 11.3 Å². The number of aliphatic imine (C=N–C) groups is 1.